The van der Waals surface area contributed by atoms with Crippen LogP contribution in [-0.4, -0.2) is 41.8 Å². The molecule has 3 N–H and O–H groups in total. The molecule has 0 bridgehead atoms. The molecule has 1 aliphatic rings. The molecule has 0 radical (unpaired) electrons. The Balaban J connectivity index is 2.30. The minimum absolute atomic E-state index is 0.0691. The fraction of sp³-hybridized carbons (Fsp3) is 0.900. The van der Waals surface area contributed by atoms with Gasteiger partial charge >= 0.3 is 6.18 Å². The molecule has 17 heavy (non-hydrogen) atoms. The topological polar surface area (TPSA) is 61.8 Å². The number of rotatable bonds is 4. The van der Waals surface area contributed by atoms with Crippen LogP contribution < -0.4 is 5.73 Å². The number of hydrogen-bond donors (Lipinski definition) is 2. The predicted octanol–water partition coefficient (Wildman–Crippen LogP) is 1.79. The molecule has 1 atom stereocenters. The molecule has 4 nitrogen and oxygen atoms in total. The average Bonchev–Trinajstić information content (AvgIpc) is 2.28. The van der Waals surface area contributed by atoms with Crippen molar-refractivity contribution < 1.29 is 18.4 Å². The summed E-state index contributed by atoms with van der Waals surface area (Å²) in [4.78, 5) is 1.80. The van der Waals surface area contributed by atoms with E-state index in [9.17, 15) is 13.2 Å². The van der Waals surface area contributed by atoms with Gasteiger partial charge in [-0.15, -0.1) is 0 Å². The first kappa shape index (κ1) is 14.1. The average molecular weight is 253 g/mol. The van der Waals surface area contributed by atoms with Crippen molar-refractivity contribution in [2.45, 2.75) is 31.9 Å². The first-order valence-corrected chi connectivity index (χ1v) is 5.69. The Kier molecular flexibility index (Phi) is 5.04. The minimum atomic E-state index is -4.09. The summed E-state index contributed by atoms with van der Waals surface area (Å²) in [7, 11) is 0. The molecule has 0 aromatic heterocycles. The Morgan fingerprint density at radius 2 is 2.18 bits per heavy atom. The number of piperidine rings is 1. The molecule has 7 heteroatoms. The van der Waals surface area contributed by atoms with Crippen molar-refractivity contribution >= 4 is 5.84 Å². The number of halogens is 3. The van der Waals surface area contributed by atoms with E-state index in [4.69, 9.17) is 10.9 Å². The highest BCUT2D eigenvalue weighted by Crippen LogP contribution is 2.33. The Morgan fingerprint density at radius 3 is 2.76 bits per heavy atom. The zero-order valence-corrected chi connectivity index (χ0v) is 9.58. The summed E-state index contributed by atoms with van der Waals surface area (Å²) in [5, 5.41) is 11.1. The number of alkyl halides is 3. The molecule has 1 unspecified atom stereocenters. The van der Waals surface area contributed by atoms with Gasteiger partial charge in [0.1, 0.15) is 5.84 Å². The molecule has 100 valence electrons. The van der Waals surface area contributed by atoms with E-state index in [1.54, 1.807) is 4.90 Å². The van der Waals surface area contributed by atoms with Crippen molar-refractivity contribution in [3.63, 3.8) is 0 Å². The van der Waals surface area contributed by atoms with Crippen molar-refractivity contribution in [2.75, 3.05) is 19.6 Å². The van der Waals surface area contributed by atoms with E-state index in [1.807, 2.05) is 0 Å². The lowest BCUT2D eigenvalue weighted by atomic mass is 9.97. The Hall–Kier alpha value is -0.980. The van der Waals surface area contributed by atoms with Crippen molar-refractivity contribution in [1.82, 2.24) is 4.90 Å². The summed E-state index contributed by atoms with van der Waals surface area (Å²) < 4.78 is 37.6. The number of likely N-dealkylation sites (tertiary alicyclic amines) is 1. The lowest BCUT2D eigenvalue weighted by Gasteiger charge is -2.33. The number of nitrogens with two attached hydrogens (primary N) is 1. The van der Waals surface area contributed by atoms with Gasteiger partial charge in [-0.05, 0) is 32.4 Å². The highest BCUT2D eigenvalue weighted by Gasteiger charge is 2.41. The van der Waals surface area contributed by atoms with Gasteiger partial charge in [0, 0.05) is 13.0 Å². The number of oxime groups is 1. The van der Waals surface area contributed by atoms with Gasteiger partial charge in [0.15, 0.2) is 0 Å². The van der Waals surface area contributed by atoms with E-state index in [1.165, 1.54) is 0 Å². The van der Waals surface area contributed by atoms with Crippen molar-refractivity contribution in [3.8, 4) is 0 Å². The van der Waals surface area contributed by atoms with E-state index in [2.05, 4.69) is 5.16 Å². The second kappa shape index (κ2) is 6.09. The lowest BCUT2D eigenvalue weighted by molar-refractivity contribution is -0.186. The zero-order valence-electron chi connectivity index (χ0n) is 9.58. The first-order chi connectivity index (χ1) is 7.93. The Morgan fingerprint density at radius 1 is 1.47 bits per heavy atom. The van der Waals surface area contributed by atoms with Gasteiger partial charge < -0.3 is 15.8 Å². The van der Waals surface area contributed by atoms with E-state index in [-0.39, 0.29) is 18.8 Å². The second-order valence-corrected chi connectivity index (χ2v) is 4.38. The summed E-state index contributed by atoms with van der Waals surface area (Å²) in [6.07, 6.45) is -2.28. The molecular formula is C10H18F3N3O. The van der Waals surface area contributed by atoms with Gasteiger partial charge in [-0.3, -0.25) is 0 Å². The lowest BCUT2D eigenvalue weighted by Crippen LogP contribution is -2.42. The van der Waals surface area contributed by atoms with Gasteiger partial charge in [-0.2, -0.15) is 13.2 Å². The molecular weight excluding hydrogens is 235 g/mol. The van der Waals surface area contributed by atoms with E-state index in [0.29, 0.717) is 32.4 Å². The second-order valence-electron chi connectivity index (χ2n) is 4.38. The maximum absolute atomic E-state index is 12.5. The quantitative estimate of drug-likeness (QED) is 0.347. The Bertz CT molecular complexity index is 268. The van der Waals surface area contributed by atoms with E-state index in [0.717, 1.165) is 0 Å². The van der Waals surface area contributed by atoms with Crippen LogP contribution in [0.3, 0.4) is 0 Å². The van der Waals surface area contributed by atoms with Crippen LogP contribution in [0.2, 0.25) is 0 Å². The molecule has 0 aliphatic carbocycles. The summed E-state index contributed by atoms with van der Waals surface area (Å²) in [6.45, 7) is 1.32. The maximum Gasteiger partial charge on any atom is 0.393 e. The largest absolute Gasteiger partial charge is 0.409 e. The molecule has 1 rings (SSSR count). The summed E-state index contributed by atoms with van der Waals surface area (Å²) in [5.74, 6) is -1.09. The van der Waals surface area contributed by atoms with Crippen LogP contribution in [0.5, 0.6) is 0 Å². The standard InChI is InChI=1S/C10H18F3N3O/c11-10(12,13)8-3-1-5-16(7-8)6-2-4-9(14)15-17/h8,17H,1-7H2,(H2,14,15). The molecule has 1 heterocycles. The van der Waals surface area contributed by atoms with Gasteiger partial charge in [-0.1, -0.05) is 5.16 Å². The predicted molar refractivity (Wildman–Crippen MR) is 57.9 cm³/mol. The van der Waals surface area contributed by atoms with Gasteiger partial charge in [0.25, 0.3) is 0 Å². The fourth-order valence-electron chi connectivity index (χ4n) is 2.06. The highest BCUT2D eigenvalue weighted by molar-refractivity contribution is 5.79. The third kappa shape index (κ3) is 4.80. The SMILES string of the molecule is NC(CCCN1CCCC(C(F)(F)F)C1)=NO. The van der Waals surface area contributed by atoms with Gasteiger partial charge in [0.05, 0.1) is 5.92 Å². The van der Waals surface area contributed by atoms with Crippen LogP contribution in [0, 0.1) is 5.92 Å². The van der Waals surface area contributed by atoms with Gasteiger partial charge in [0.2, 0.25) is 0 Å². The molecule has 1 saturated heterocycles. The van der Waals surface area contributed by atoms with Crippen LogP contribution in [0.15, 0.2) is 5.16 Å². The molecule has 0 spiro atoms. The summed E-state index contributed by atoms with van der Waals surface area (Å²) >= 11 is 0. The van der Waals surface area contributed by atoms with Crippen LogP contribution >= 0.6 is 0 Å². The smallest absolute Gasteiger partial charge is 0.393 e. The van der Waals surface area contributed by atoms with Crippen molar-refractivity contribution in [3.05, 3.63) is 0 Å². The van der Waals surface area contributed by atoms with E-state index < -0.39 is 12.1 Å². The molecule has 0 aromatic carbocycles. The van der Waals surface area contributed by atoms with E-state index >= 15 is 0 Å². The highest BCUT2D eigenvalue weighted by atomic mass is 19.4. The summed E-state index contributed by atoms with van der Waals surface area (Å²) in [6, 6.07) is 0. The Labute approximate surface area is 98.3 Å². The normalized spacial score (nSPS) is 23.9. The number of nitrogens with zero attached hydrogens (tertiary/aromatic N) is 2. The maximum atomic E-state index is 12.5. The molecule has 0 amide bonds. The molecule has 0 aromatic rings. The molecule has 1 aliphatic heterocycles. The fourth-order valence-corrected chi connectivity index (χ4v) is 2.06. The third-order valence-electron chi connectivity index (χ3n) is 3.00. The molecule has 1 fully saturated rings. The van der Waals surface area contributed by atoms with Crippen LogP contribution in [0.4, 0.5) is 13.2 Å². The van der Waals surface area contributed by atoms with Crippen molar-refractivity contribution in [2.24, 2.45) is 16.8 Å². The van der Waals surface area contributed by atoms with Crippen LogP contribution in [0.1, 0.15) is 25.7 Å². The van der Waals surface area contributed by atoms with Gasteiger partial charge in [-0.25, -0.2) is 0 Å². The summed E-state index contributed by atoms with van der Waals surface area (Å²) in [5.41, 5.74) is 5.29. The molecule has 0 saturated carbocycles. The zero-order chi connectivity index (χ0) is 12.9. The number of amidine groups is 1. The van der Waals surface area contributed by atoms with Crippen LogP contribution in [-0.2, 0) is 0 Å². The number of hydrogen-bond acceptors (Lipinski definition) is 3. The first-order valence-electron chi connectivity index (χ1n) is 5.69. The third-order valence-corrected chi connectivity index (χ3v) is 3.00. The van der Waals surface area contributed by atoms with Crippen molar-refractivity contribution in [1.29, 1.82) is 0 Å². The minimum Gasteiger partial charge on any atom is -0.409 e. The monoisotopic (exact) mass is 253 g/mol. The van der Waals surface area contributed by atoms with Crippen LogP contribution in [0.25, 0.3) is 0 Å².